The van der Waals surface area contributed by atoms with E-state index in [0.29, 0.717) is 0 Å². The van der Waals surface area contributed by atoms with Crippen LogP contribution in [0, 0.1) is 18.3 Å². The van der Waals surface area contributed by atoms with Crippen molar-refractivity contribution in [2.45, 2.75) is 13.8 Å². The Bertz CT molecular complexity index is 2230. The largest absolute Gasteiger partial charge is 0.356 e. The summed E-state index contributed by atoms with van der Waals surface area (Å²) in [6.45, 7) is 3.08. The zero-order chi connectivity index (χ0) is 34.8. The van der Waals surface area contributed by atoms with Crippen LogP contribution in [0.15, 0.2) is 88.8 Å². The molecule has 3 aromatic carbocycles. The first-order valence-corrected chi connectivity index (χ1v) is 19.8. The molecule has 0 saturated heterocycles. The van der Waals surface area contributed by atoms with Crippen LogP contribution >= 0.6 is 15.2 Å². The molecule has 0 aromatic heterocycles. The molecule has 1 heterocycles. The van der Waals surface area contributed by atoms with E-state index in [1.165, 1.54) is 19.1 Å². The van der Waals surface area contributed by atoms with Crippen LogP contribution in [0.25, 0.3) is 15.4 Å². The van der Waals surface area contributed by atoms with Crippen LogP contribution in [0.5, 0.6) is 0 Å². The number of aryl methyl sites for hydroxylation is 1. The summed E-state index contributed by atoms with van der Waals surface area (Å²) in [5.74, 6) is 0. The van der Waals surface area contributed by atoms with Crippen molar-refractivity contribution in [2.24, 2.45) is 0 Å². The molecule has 0 amide bonds. The van der Waals surface area contributed by atoms with E-state index in [2.05, 4.69) is 0 Å². The Hall–Kier alpha value is -3.61. The molecule has 4 rings (SSSR count). The van der Waals surface area contributed by atoms with Crippen molar-refractivity contribution < 1.29 is 54.0 Å². The molecule has 1 aliphatic heterocycles. The van der Waals surface area contributed by atoms with Crippen molar-refractivity contribution in [3.05, 3.63) is 111 Å². The molecule has 0 unspecified atom stereocenters. The third-order valence-electron chi connectivity index (χ3n) is 6.65. The van der Waals surface area contributed by atoms with E-state index in [1.807, 2.05) is 6.07 Å². The Morgan fingerprint density at radius 1 is 0.804 bits per heavy atom. The normalized spacial score (nSPS) is 16.2. The first-order chi connectivity index (χ1) is 21.2. The smallest absolute Gasteiger partial charge is 0.321 e. The summed E-state index contributed by atoms with van der Waals surface area (Å²) < 4.78 is 96.6. The van der Waals surface area contributed by atoms with Crippen LogP contribution in [0.2, 0.25) is 0 Å². The van der Waals surface area contributed by atoms with Gasteiger partial charge in [0, 0.05) is 11.8 Å². The molecule has 0 aliphatic carbocycles. The van der Waals surface area contributed by atoms with Crippen LogP contribution < -0.4 is 10.6 Å². The number of hydrogen-bond acceptors (Lipinski definition) is 9. The van der Waals surface area contributed by atoms with Crippen LogP contribution in [0.4, 0.5) is 0 Å². The average molecular weight is 726 g/mol. The molecule has 1 aliphatic rings. The number of sulfone groups is 2. The second kappa shape index (κ2) is 13.6. The van der Waals surface area contributed by atoms with Gasteiger partial charge in [-0.25, -0.2) is 16.8 Å². The summed E-state index contributed by atoms with van der Waals surface area (Å²) in [5.41, 5.74) is -0.167. The van der Waals surface area contributed by atoms with Crippen molar-refractivity contribution in [3.63, 3.8) is 0 Å². The lowest BCUT2D eigenvalue weighted by Gasteiger charge is -2.28. The van der Waals surface area contributed by atoms with Crippen LogP contribution in [0.1, 0.15) is 29.2 Å². The highest BCUT2D eigenvalue weighted by Gasteiger charge is 2.42. The zero-order valence-electron chi connectivity index (χ0n) is 24.0. The Labute approximate surface area is 268 Å². The van der Waals surface area contributed by atoms with E-state index in [1.54, 1.807) is 31.2 Å². The number of allylic oxidation sites excluding steroid dienone is 3. The molecule has 0 saturated carbocycles. The highest BCUT2D eigenvalue weighted by molar-refractivity contribution is 8.10. The SMILES string of the molecule is CC1=C(c2cccc(P(=O)(O)O)c2)S(=O)(=O)C(c2cccc(P(=O)(O)O)c2)=C(S(C)(=O)=O)/C1=C(\C#N)c1ccc(C)cc1.O=S=O. The lowest BCUT2D eigenvalue weighted by atomic mass is 9.92. The van der Waals surface area contributed by atoms with Gasteiger partial charge in [-0.2, -0.15) is 13.7 Å². The Balaban J connectivity index is 0.00000185. The Morgan fingerprint density at radius 3 is 1.63 bits per heavy atom. The quantitative estimate of drug-likeness (QED) is 0.211. The second-order valence-corrected chi connectivity index (χ2v) is 17.0. The minimum absolute atomic E-state index is 0.185. The monoisotopic (exact) mass is 725 g/mol. The van der Waals surface area contributed by atoms with Crippen LogP contribution in [0.3, 0.4) is 0 Å². The van der Waals surface area contributed by atoms with Crippen LogP contribution in [-0.2, 0) is 40.4 Å². The van der Waals surface area contributed by atoms with Crippen LogP contribution in [-0.4, -0.2) is 51.1 Å². The highest BCUT2D eigenvalue weighted by atomic mass is 32.2. The second-order valence-electron chi connectivity index (χ2n) is 9.87. The molecule has 18 heteroatoms. The number of rotatable bonds is 6. The molecule has 46 heavy (non-hydrogen) atoms. The van der Waals surface area contributed by atoms with E-state index in [9.17, 15) is 50.8 Å². The molecule has 3 aromatic rings. The number of hydrogen-bond donors (Lipinski definition) is 4. The lowest BCUT2D eigenvalue weighted by Crippen LogP contribution is -2.23. The predicted molar refractivity (Wildman–Crippen MR) is 172 cm³/mol. The van der Waals surface area contributed by atoms with Gasteiger partial charge in [0.25, 0.3) is 0 Å². The predicted octanol–water partition coefficient (Wildman–Crippen LogP) is 2.48. The molecule has 0 bridgehead atoms. The summed E-state index contributed by atoms with van der Waals surface area (Å²) in [5, 5.41) is 9.26. The molecular formula is C28H25NO12P2S3. The van der Waals surface area contributed by atoms with E-state index < -0.39 is 71.8 Å². The summed E-state index contributed by atoms with van der Waals surface area (Å²) in [6.07, 6.45) is 0.751. The van der Waals surface area contributed by atoms with Crippen molar-refractivity contribution in [3.8, 4) is 6.07 Å². The molecule has 242 valence electrons. The van der Waals surface area contributed by atoms with Crippen molar-refractivity contribution in [1.82, 2.24) is 0 Å². The fourth-order valence-corrected chi connectivity index (χ4v) is 9.75. The molecule has 13 nitrogen and oxygen atoms in total. The van der Waals surface area contributed by atoms with E-state index in [4.69, 9.17) is 8.42 Å². The maximum absolute atomic E-state index is 14.5. The summed E-state index contributed by atoms with van der Waals surface area (Å²) in [7, 11) is -19.2. The van der Waals surface area contributed by atoms with Gasteiger partial charge in [0.1, 0.15) is 6.07 Å². The Kier molecular flexibility index (Phi) is 10.9. The van der Waals surface area contributed by atoms with Gasteiger partial charge in [-0.3, -0.25) is 9.13 Å². The maximum Gasteiger partial charge on any atom is 0.356 e. The molecule has 0 fully saturated rings. The topological polar surface area (TPSA) is 241 Å². The molecule has 0 atom stereocenters. The van der Waals surface area contributed by atoms with Gasteiger partial charge in [0.2, 0.25) is 9.84 Å². The minimum atomic E-state index is -4.93. The fourth-order valence-electron chi connectivity index (χ4n) is 4.78. The van der Waals surface area contributed by atoms with Gasteiger partial charge in [-0.05, 0) is 60.4 Å². The van der Waals surface area contributed by atoms with E-state index >= 15 is 0 Å². The van der Waals surface area contributed by atoms with Gasteiger partial charge >= 0.3 is 26.8 Å². The molecule has 4 N–H and O–H groups in total. The van der Waals surface area contributed by atoms with Crippen molar-refractivity contribution in [2.75, 3.05) is 6.26 Å². The zero-order valence-corrected chi connectivity index (χ0v) is 28.3. The highest BCUT2D eigenvalue weighted by Crippen LogP contribution is 2.50. The average Bonchev–Trinajstić information content (AvgIpc) is 2.94. The molecular weight excluding hydrogens is 700 g/mol. The van der Waals surface area contributed by atoms with Crippen molar-refractivity contribution >= 4 is 72.4 Å². The Morgan fingerprint density at radius 2 is 1.24 bits per heavy atom. The van der Waals surface area contributed by atoms with Gasteiger partial charge in [0.05, 0.1) is 30.9 Å². The van der Waals surface area contributed by atoms with E-state index in [-0.39, 0.29) is 33.4 Å². The fraction of sp³-hybridized carbons (Fsp3) is 0.107. The first kappa shape index (κ1) is 36.9. The van der Waals surface area contributed by atoms with Gasteiger partial charge in [0.15, 0.2) is 9.84 Å². The van der Waals surface area contributed by atoms with Gasteiger partial charge in [-0.1, -0.05) is 54.1 Å². The lowest BCUT2D eigenvalue weighted by molar-refractivity contribution is 0.385. The number of benzene rings is 3. The summed E-state index contributed by atoms with van der Waals surface area (Å²) in [6, 6.07) is 17.2. The van der Waals surface area contributed by atoms with E-state index in [0.717, 1.165) is 48.2 Å². The van der Waals surface area contributed by atoms with Gasteiger partial charge < -0.3 is 19.6 Å². The van der Waals surface area contributed by atoms with Crippen molar-refractivity contribution in [1.29, 1.82) is 5.26 Å². The number of nitrogens with zero attached hydrogens (tertiary/aromatic N) is 1. The third-order valence-corrected chi connectivity index (χ3v) is 11.9. The number of nitriles is 1. The minimum Gasteiger partial charge on any atom is -0.321 e. The summed E-state index contributed by atoms with van der Waals surface area (Å²) >= 11 is -0.750. The molecule has 0 spiro atoms. The third kappa shape index (κ3) is 7.67. The maximum atomic E-state index is 14.5. The molecule has 0 radical (unpaired) electrons. The standard InChI is InChI=1S/C28H25NO10P2S2.O2S/c1-17-10-12-19(13-11-17)24(16-29)25-18(2)26(20-6-4-8-22(14-20)40(30,31)32)43(38,39)27(28(25)42(3,36)37)21-7-5-9-23(15-21)41(33,34)35;1-3-2/h4-15H,1-3H3,(H2,30,31,32)(H2,33,34,35);/b25-24+;. The summed E-state index contributed by atoms with van der Waals surface area (Å²) in [4.78, 5) is 37.0. The van der Waals surface area contributed by atoms with Gasteiger partial charge in [-0.15, -0.1) is 0 Å². The first-order valence-electron chi connectivity index (χ1n) is 12.6.